The Bertz CT molecular complexity index is 799. The third-order valence-electron chi connectivity index (χ3n) is 4.87. The fourth-order valence-corrected chi connectivity index (χ4v) is 3.41. The van der Waals surface area contributed by atoms with Crippen LogP contribution < -0.4 is 15.4 Å². The molecule has 1 saturated heterocycles. The van der Waals surface area contributed by atoms with Gasteiger partial charge in [0.15, 0.2) is 5.69 Å². The summed E-state index contributed by atoms with van der Waals surface area (Å²) in [6, 6.07) is 7.53. The summed E-state index contributed by atoms with van der Waals surface area (Å²) >= 11 is 0. The number of piperidine rings is 1. The van der Waals surface area contributed by atoms with Crippen LogP contribution in [0.4, 0.5) is 0 Å². The Balaban J connectivity index is 1.60. The lowest BCUT2D eigenvalue weighted by Gasteiger charge is -2.23. The van der Waals surface area contributed by atoms with Gasteiger partial charge in [0.1, 0.15) is 5.75 Å². The normalized spacial score (nSPS) is 16.2. The third kappa shape index (κ3) is 4.88. The maximum absolute atomic E-state index is 12.5. The number of amides is 1. The number of hydrogen-bond donors (Lipinski definition) is 3. The predicted octanol–water partition coefficient (Wildman–Crippen LogP) is 1.76. The van der Waals surface area contributed by atoms with Crippen LogP contribution in [0.2, 0.25) is 0 Å². The van der Waals surface area contributed by atoms with E-state index in [1.807, 2.05) is 43.7 Å². The predicted molar refractivity (Wildman–Crippen MR) is 105 cm³/mol. The number of aromatic nitrogens is 3. The number of nitrogens with one attached hydrogen (secondary N) is 2. The van der Waals surface area contributed by atoms with Gasteiger partial charge in [-0.15, -0.1) is 5.10 Å². The first-order valence-electron chi connectivity index (χ1n) is 9.81. The van der Waals surface area contributed by atoms with Crippen molar-refractivity contribution in [3.63, 3.8) is 0 Å². The number of aliphatic hydroxyl groups is 1. The Morgan fingerprint density at radius 1 is 1.39 bits per heavy atom. The van der Waals surface area contributed by atoms with Gasteiger partial charge in [0.25, 0.3) is 5.91 Å². The Labute approximate surface area is 165 Å². The highest BCUT2D eigenvalue weighted by atomic mass is 16.5. The molecular formula is C20H29N5O3. The third-order valence-corrected chi connectivity index (χ3v) is 4.87. The summed E-state index contributed by atoms with van der Waals surface area (Å²) in [6.45, 7) is 7.73. The van der Waals surface area contributed by atoms with Crippen molar-refractivity contribution in [3.05, 3.63) is 41.2 Å². The smallest absolute Gasteiger partial charge is 0.273 e. The summed E-state index contributed by atoms with van der Waals surface area (Å²) < 4.78 is 7.50. The Hall–Kier alpha value is -2.45. The summed E-state index contributed by atoms with van der Waals surface area (Å²) in [6.07, 6.45) is 1.16. The number of carbonyl (C=O) groups is 1. The summed E-state index contributed by atoms with van der Waals surface area (Å²) in [4.78, 5) is 12.5. The van der Waals surface area contributed by atoms with E-state index in [1.54, 1.807) is 6.07 Å². The van der Waals surface area contributed by atoms with E-state index < -0.39 is 6.10 Å². The Morgan fingerprint density at radius 2 is 2.14 bits per heavy atom. The molecule has 2 heterocycles. The van der Waals surface area contributed by atoms with Gasteiger partial charge < -0.3 is 20.5 Å². The number of nitrogens with zero attached hydrogens (tertiary/aromatic N) is 3. The molecule has 3 rings (SSSR count). The maximum Gasteiger partial charge on any atom is 0.273 e. The van der Waals surface area contributed by atoms with Crippen LogP contribution in [0.5, 0.6) is 5.75 Å². The zero-order chi connectivity index (χ0) is 20.1. The fraction of sp³-hybridized carbons (Fsp3) is 0.550. The number of rotatable bonds is 7. The molecule has 2 aromatic rings. The second-order valence-electron chi connectivity index (χ2n) is 7.41. The average molecular weight is 387 g/mol. The zero-order valence-electron chi connectivity index (χ0n) is 16.7. The van der Waals surface area contributed by atoms with Gasteiger partial charge in [-0.1, -0.05) is 17.3 Å². The van der Waals surface area contributed by atoms with E-state index in [2.05, 4.69) is 20.9 Å². The molecule has 8 heteroatoms. The van der Waals surface area contributed by atoms with Crippen LogP contribution >= 0.6 is 0 Å². The van der Waals surface area contributed by atoms with Gasteiger partial charge in [-0.25, -0.2) is 4.68 Å². The lowest BCUT2D eigenvalue weighted by atomic mass is 10.1. The van der Waals surface area contributed by atoms with Crippen LogP contribution in [0.25, 0.3) is 0 Å². The largest absolute Gasteiger partial charge is 0.491 e. The molecule has 1 aromatic heterocycles. The zero-order valence-corrected chi connectivity index (χ0v) is 16.7. The van der Waals surface area contributed by atoms with E-state index in [0.29, 0.717) is 17.0 Å². The lowest BCUT2D eigenvalue weighted by molar-refractivity contribution is 0.0910. The van der Waals surface area contributed by atoms with Crippen LogP contribution in [-0.4, -0.2) is 51.7 Å². The molecule has 3 N–H and O–H groups in total. The monoisotopic (exact) mass is 387 g/mol. The number of benzene rings is 1. The number of carbonyl (C=O) groups excluding carboxylic acids is 1. The molecule has 1 atom stereocenters. The van der Waals surface area contributed by atoms with Crippen molar-refractivity contribution in [2.45, 2.75) is 51.9 Å². The van der Waals surface area contributed by atoms with Gasteiger partial charge in [-0.2, -0.15) is 0 Å². The van der Waals surface area contributed by atoms with Crippen molar-refractivity contribution in [1.82, 2.24) is 25.6 Å². The van der Waals surface area contributed by atoms with Crippen molar-refractivity contribution < 1.29 is 14.6 Å². The van der Waals surface area contributed by atoms with Gasteiger partial charge in [0.2, 0.25) is 0 Å². The summed E-state index contributed by atoms with van der Waals surface area (Å²) in [5, 5.41) is 24.8. The first-order valence-corrected chi connectivity index (χ1v) is 9.81. The first kappa shape index (κ1) is 20.3. The molecular weight excluding hydrogens is 358 g/mol. The van der Waals surface area contributed by atoms with Crippen LogP contribution in [0, 0.1) is 6.92 Å². The van der Waals surface area contributed by atoms with Crippen LogP contribution in [0.15, 0.2) is 24.3 Å². The molecule has 1 unspecified atom stereocenters. The number of aliphatic hydroxyl groups excluding tert-OH is 1. The van der Waals surface area contributed by atoms with E-state index in [1.165, 1.54) is 0 Å². The van der Waals surface area contributed by atoms with Crippen molar-refractivity contribution in [3.8, 4) is 5.75 Å². The van der Waals surface area contributed by atoms with Gasteiger partial charge >= 0.3 is 0 Å². The summed E-state index contributed by atoms with van der Waals surface area (Å²) in [7, 11) is 0. The SMILES string of the molecule is Cc1c(C(=O)NCC(O)c2cccc(OC(C)C)c2)nnn1C1CCNCC1. The van der Waals surface area contributed by atoms with Crippen LogP contribution in [-0.2, 0) is 0 Å². The molecule has 1 amide bonds. The standard InChI is InChI=1S/C20H29N5O3/c1-13(2)28-17-6-4-5-15(11-17)18(26)12-22-20(27)19-14(3)25(24-23-19)16-7-9-21-10-8-16/h4-6,11,13,16,18,21,26H,7-10,12H2,1-3H3,(H,22,27). The highest BCUT2D eigenvalue weighted by Crippen LogP contribution is 2.21. The highest BCUT2D eigenvalue weighted by Gasteiger charge is 2.23. The average Bonchev–Trinajstić information content (AvgIpc) is 3.07. The summed E-state index contributed by atoms with van der Waals surface area (Å²) in [5.41, 5.74) is 1.75. The second kappa shape index (κ2) is 9.16. The lowest BCUT2D eigenvalue weighted by Crippen LogP contribution is -2.31. The number of ether oxygens (including phenoxy) is 1. The van der Waals surface area contributed by atoms with Crippen LogP contribution in [0.3, 0.4) is 0 Å². The minimum Gasteiger partial charge on any atom is -0.491 e. The molecule has 1 aromatic carbocycles. The number of hydrogen-bond acceptors (Lipinski definition) is 6. The first-order chi connectivity index (χ1) is 13.5. The van der Waals surface area contributed by atoms with Crippen molar-refractivity contribution >= 4 is 5.91 Å². The van der Waals surface area contributed by atoms with Crippen molar-refractivity contribution in [2.24, 2.45) is 0 Å². The van der Waals surface area contributed by atoms with Crippen LogP contribution in [0.1, 0.15) is 60.6 Å². The van der Waals surface area contributed by atoms with E-state index in [4.69, 9.17) is 4.74 Å². The molecule has 0 aliphatic carbocycles. The fourth-order valence-electron chi connectivity index (χ4n) is 3.41. The molecule has 0 bridgehead atoms. The van der Waals surface area contributed by atoms with E-state index in [-0.39, 0.29) is 24.6 Å². The maximum atomic E-state index is 12.5. The van der Waals surface area contributed by atoms with Gasteiger partial charge in [0, 0.05) is 6.54 Å². The molecule has 1 aliphatic heterocycles. The molecule has 1 fully saturated rings. The molecule has 1 aliphatic rings. The van der Waals surface area contributed by atoms with E-state index in [0.717, 1.165) is 31.6 Å². The van der Waals surface area contributed by atoms with Crippen molar-refractivity contribution in [1.29, 1.82) is 0 Å². The minimum atomic E-state index is -0.834. The quantitative estimate of drug-likeness (QED) is 0.669. The molecule has 28 heavy (non-hydrogen) atoms. The molecule has 8 nitrogen and oxygen atoms in total. The van der Waals surface area contributed by atoms with E-state index in [9.17, 15) is 9.90 Å². The van der Waals surface area contributed by atoms with Gasteiger partial charge in [0.05, 0.1) is 23.9 Å². The highest BCUT2D eigenvalue weighted by molar-refractivity contribution is 5.93. The summed E-state index contributed by atoms with van der Waals surface area (Å²) in [5.74, 6) is 0.366. The minimum absolute atomic E-state index is 0.0534. The Kier molecular flexibility index (Phi) is 6.64. The van der Waals surface area contributed by atoms with E-state index >= 15 is 0 Å². The van der Waals surface area contributed by atoms with Gasteiger partial charge in [-0.05, 0) is 64.4 Å². The molecule has 0 spiro atoms. The molecule has 0 saturated carbocycles. The van der Waals surface area contributed by atoms with Crippen molar-refractivity contribution in [2.75, 3.05) is 19.6 Å². The topological polar surface area (TPSA) is 101 Å². The molecule has 152 valence electrons. The molecule has 0 radical (unpaired) electrons. The van der Waals surface area contributed by atoms with Gasteiger partial charge in [-0.3, -0.25) is 4.79 Å². The Morgan fingerprint density at radius 3 is 2.86 bits per heavy atom. The second-order valence-corrected chi connectivity index (χ2v) is 7.41.